The van der Waals surface area contributed by atoms with Gasteiger partial charge < -0.3 is 20.3 Å². The highest BCUT2D eigenvalue weighted by atomic mass is 16.5. The van der Waals surface area contributed by atoms with Gasteiger partial charge in [0.05, 0.1) is 25.4 Å². The number of ether oxygens (including phenoxy) is 1. The Morgan fingerprint density at radius 2 is 0.575 bits per heavy atom. The van der Waals surface area contributed by atoms with Crippen molar-refractivity contribution in [1.82, 2.24) is 5.32 Å². The Morgan fingerprint density at radius 3 is 0.897 bits per heavy atom. The lowest BCUT2D eigenvalue weighted by atomic mass is 10.0. The van der Waals surface area contributed by atoms with E-state index >= 15 is 0 Å². The standard InChI is InChI=1S/C81H155NO5/c1-3-5-7-9-11-13-15-17-19-21-22-35-38-42-45-49-53-57-61-65-69-73-79(84)78(77-83)82-80(85)74-70-66-62-58-54-50-46-43-39-36-33-31-29-27-25-23-24-26-28-30-32-34-37-40-44-48-52-56-60-64-68-72-76-87-81(86)75-71-67-63-59-55-51-47-41-20-18-16-14-12-10-8-6-4-2/h12,14,18,20,69,73,78-79,83-84H,3-11,13,15-17,19,21-68,70-72,74-77H2,1-2H3,(H,82,85)/b14-12-,20-18-,73-69+. The van der Waals surface area contributed by atoms with Crippen molar-refractivity contribution in [2.24, 2.45) is 0 Å². The third kappa shape index (κ3) is 73.0. The first-order valence-electron chi connectivity index (χ1n) is 39.8. The number of carbonyl (C=O) groups is 2. The number of hydrogen-bond acceptors (Lipinski definition) is 5. The summed E-state index contributed by atoms with van der Waals surface area (Å²) in [5, 5.41) is 23.3. The summed E-state index contributed by atoms with van der Waals surface area (Å²) in [6.07, 6.45) is 99.8. The number of amides is 1. The van der Waals surface area contributed by atoms with Crippen molar-refractivity contribution in [3.05, 3.63) is 36.5 Å². The SMILES string of the molecule is CCCCC/C=C\C/C=C\CCCCCCCCCC(=O)OCCCCCCCCCCCCCCCCCCCCCCCCCCCCCCCCCCC(=O)NC(CO)C(O)/C=C/CCCCCCCCCCCCCCCCCCCCC. The highest BCUT2D eigenvalue weighted by Crippen LogP contribution is 2.20. The van der Waals surface area contributed by atoms with Crippen LogP contribution in [0.15, 0.2) is 36.5 Å². The van der Waals surface area contributed by atoms with Crippen LogP contribution in [0.2, 0.25) is 0 Å². The molecule has 0 rings (SSSR count). The molecule has 0 spiro atoms. The molecule has 0 radical (unpaired) electrons. The van der Waals surface area contributed by atoms with E-state index in [2.05, 4.69) is 43.5 Å². The third-order valence-electron chi connectivity index (χ3n) is 18.7. The number of allylic oxidation sites excluding steroid dienone is 5. The zero-order chi connectivity index (χ0) is 62.8. The summed E-state index contributed by atoms with van der Waals surface area (Å²) < 4.78 is 5.51. The number of hydrogen-bond donors (Lipinski definition) is 3. The molecule has 2 unspecified atom stereocenters. The first kappa shape index (κ1) is 85.1. The zero-order valence-electron chi connectivity index (χ0n) is 59.0. The van der Waals surface area contributed by atoms with E-state index in [0.29, 0.717) is 19.4 Å². The minimum absolute atomic E-state index is 0.0139. The fourth-order valence-electron chi connectivity index (χ4n) is 12.6. The molecule has 1 amide bonds. The molecule has 0 aliphatic carbocycles. The summed E-state index contributed by atoms with van der Waals surface area (Å²) >= 11 is 0. The minimum atomic E-state index is -0.843. The number of esters is 1. The lowest BCUT2D eigenvalue weighted by molar-refractivity contribution is -0.143. The van der Waals surface area contributed by atoms with E-state index in [1.54, 1.807) is 6.08 Å². The molecule has 514 valence electrons. The molecule has 0 aromatic heterocycles. The summed E-state index contributed by atoms with van der Waals surface area (Å²) in [6, 6.07) is -0.626. The maximum atomic E-state index is 12.5. The van der Waals surface area contributed by atoms with Gasteiger partial charge in [-0.1, -0.05) is 403 Å². The van der Waals surface area contributed by atoms with Crippen molar-refractivity contribution >= 4 is 11.9 Å². The summed E-state index contributed by atoms with van der Waals surface area (Å²) in [7, 11) is 0. The van der Waals surface area contributed by atoms with Gasteiger partial charge in [-0.05, 0) is 64.2 Å². The van der Waals surface area contributed by atoms with Crippen LogP contribution in [0, 0.1) is 0 Å². The first-order chi connectivity index (χ1) is 43.0. The van der Waals surface area contributed by atoms with Gasteiger partial charge in [0.15, 0.2) is 0 Å². The summed E-state index contributed by atoms with van der Waals surface area (Å²) in [6.45, 7) is 4.92. The van der Waals surface area contributed by atoms with Crippen LogP contribution in [-0.2, 0) is 14.3 Å². The average Bonchev–Trinajstić information content (AvgIpc) is 3.52. The van der Waals surface area contributed by atoms with Crippen molar-refractivity contribution in [3.63, 3.8) is 0 Å². The number of aliphatic hydroxyl groups excluding tert-OH is 2. The molecule has 0 saturated carbocycles. The smallest absolute Gasteiger partial charge is 0.305 e. The lowest BCUT2D eigenvalue weighted by Crippen LogP contribution is -2.45. The Kier molecular flexibility index (Phi) is 74.8. The normalized spacial score (nSPS) is 12.6. The molecule has 6 nitrogen and oxygen atoms in total. The molecule has 87 heavy (non-hydrogen) atoms. The second kappa shape index (κ2) is 76.5. The minimum Gasteiger partial charge on any atom is -0.466 e. The zero-order valence-corrected chi connectivity index (χ0v) is 59.0. The van der Waals surface area contributed by atoms with Gasteiger partial charge >= 0.3 is 5.97 Å². The molecule has 0 aromatic carbocycles. The van der Waals surface area contributed by atoms with Crippen molar-refractivity contribution in [2.75, 3.05) is 13.2 Å². The van der Waals surface area contributed by atoms with E-state index in [1.807, 2.05) is 6.08 Å². The van der Waals surface area contributed by atoms with Gasteiger partial charge in [0.1, 0.15) is 0 Å². The van der Waals surface area contributed by atoms with E-state index in [0.717, 1.165) is 51.4 Å². The third-order valence-corrected chi connectivity index (χ3v) is 18.7. The highest BCUT2D eigenvalue weighted by Gasteiger charge is 2.18. The number of aliphatic hydroxyl groups is 2. The van der Waals surface area contributed by atoms with Gasteiger partial charge in [-0.15, -0.1) is 0 Å². The van der Waals surface area contributed by atoms with Crippen LogP contribution in [0.5, 0.6) is 0 Å². The molecule has 6 heteroatoms. The maximum Gasteiger partial charge on any atom is 0.305 e. The van der Waals surface area contributed by atoms with Gasteiger partial charge in [0.2, 0.25) is 5.91 Å². The van der Waals surface area contributed by atoms with Crippen LogP contribution in [0.3, 0.4) is 0 Å². The molecule has 0 fully saturated rings. The molecule has 0 aliphatic rings. The van der Waals surface area contributed by atoms with E-state index in [4.69, 9.17) is 4.74 Å². The molecule has 3 N–H and O–H groups in total. The van der Waals surface area contributed by atoms with Gasteiger partial charge in [-0.2, -0.15) is 0 Å². The largest absolute Gasteiger partial charge is 0.466 e. The predicted molar refractivity (Wildman–Crippen MR) is 384 cm³/mol. The Labute approximate surface area is 544 Å². The van der Waals surface area contributed by atoms with Crippen molar-refractivity contribution in [3.8, 4) is 0 Å². The monoisotopic (exact) mass is 1220 g/mol. The van der Waals surface area contributed by atoms with E-state index in [1.165, 1.54) is 366 Å². The van der Waals surface area contributed by atoms with Crippen molar-refractivity contribution in [2.45, 2.75) is 456 Å². The quantitative estimate of drug-likeness (QED) is 0.0320. The number of nitrogens with one attached hydrogen (secondary N) is 1. The van der Waals surface area contributed by atoms with E-state index in [9.17, 15) is 19.8 Å². The van der Waals surface area contributed by atoms with E-state index in [-0.39, 0.29) is 18.5 Å². The second-order valence-electron chi connectivity index (χ2n) is 27.4. The topological polar surface area (TPSA) is 95.9 Å². The fraction of sp³-hybridized carbons (Fsp3) is 0.901. The highest BCUT2D eigenvalue weighted by molar-refractivity contribution is 5.76. The summed E-state index contributed by atoms with van der Waals surface area (Å²) in [5.41, 5.74) is 0. The fourth-order valence-corrected chi connectivity index (χ4v) is 12.6. The summed E-state index contributed by atoms with van der Waals surface area (Å²) in [4.78, 5) is 24.6. The maximum absolute atomic E-state index is 12.5. The summed E-state index contributed by atoms with van der Waals surface area (Å²) in [5.74, 6) is -0.0451. The Morgan fingerprint density at radius 1 is 0.322 bits per heavy atom. The van der Waals surface area contributed by atoms with Crippen LogP contribution in [0.1, 0.15) is 444 Å². The van der Waals surface area contributed by atoms with Gasteiger partial charge in [-0.3, -0.25) is 9.59 Å². The van der Waals surface area contributed by atoms with Crippen LogP contribution in [0.25, 0.3) is 0 Å². The van der Waals surface area contributed by atoms with Gasteiger partial charge in [-0.25, -0.2) is 0 Å². The Hall–Kier alpha value is -1.92. The predicted octanol–water partition coefficient (Wildman–Crippen LogP) is 26.2. The van der Waals surface area contributed by atoms with Crippen LogP contribution in [-0.4, -0.2) is 47.4 Å². The molecular formula is C81H155NO5. The average molecular weight is 1220 g/mol. The number of unbranched alkanes of at least 4 members (excludes halogenated alkanes) is 60. The first-order valence-corrected chi connectivity index (χ1v) is 39.8. The molecule has 0 heterocycles. The Balaban J connectivity index is 3.35. The lowest BCUT2D eigenvalue weighted by Gasteiger charge is -2.20. The molecule has 0 bridgehead atoms. The van der Waals surface area contributed by atoms with Crippen LogP contribution in [0.4, 0.5) is 0 Å². The second-order valence-corrected chi connectivity index (χ2v) is 27.4. The van der Waals surface area contributed by atoms with Gasteiger partial charge in [0, 0.05) is 12.8 Å². The molecule has 0 aromatic rings. The number of carbonyl (C=O) groups excluding carboxylic acids is 2. The number of rotatable bonds is 75. The van der Waals surface area contributed by atoms with Crippen molar-refractivity contribution in [1.29, 1.82) is 0 Å². The Bertz CT molecular complexity index is 1410. The molecular weight excluding hydrogens is 1070 g/mol. The molecule has 0 aliphatic heterocycles. The van der Waals surface area contributed by atoms with Crippen molar-refractivity contribution < 1.29 is 24.5 Å². The molecule has 2 atom stereocenters. The van der Waals surface area contributed by atoms with Crippen LogP contribution >= 0.6 is 0 Å². The molecule has 0 saturated heterocycles. The van der Waals surface area contributed by atoms with Gasteiger partial charge in [0.25, 0.3) is 0 Å². The van der Waals surface area contributed by atoms with E-state index < -0.39 is 12.1 Å². The van der Waals surface area contributed by atoms with Crippen LogP contribution < -0.4 is 5.32 Å².